The molecule has 2 heterocycles. The third-order valence-electron chi connectivity index (χ3n) is 8.62. The van der Waals surface area contributed by atoms with Crippen molar-refractivity contribution in [2.24, 2.45) is 5.73 Å². The van der Waals surface area contributed by atoms with E-state index in [1.807, 2.05) is 6.07 Å². The smallest absolute Gasteiger partial charge is 0.123 e. The van der Waals surface area contributed by atoms with E-state index in [0.717, 1.165) is 56.3 Å². The largest absolute Gasteiger partial charge is 0.369 e. The highest BCUT2D eigenvalue weighted by Crippen LogP contribution is 2.34. The first-order valence-electron chi connectivity index (χ1n) is 14.2. The quantitative estimate of drug-likeness (QED) is 0.349. The lowest BCUT2D eigenvalue weighted by Crippen LogP contribution is -2.37. The second-order valence-corrected chi connectivity index (χ2v) is 10.9. The van der Waals surface area contributed by atoms with Crippen molar-refractivity contribution in [3.8, 4) is 0 Å². The highest BCUT2D eigenvalue weighted by Gasteiger charge is 2.24. The Morgan fingerprint density at radius 1 is 1.00 bits per heavy atom. The maximum Gasteiger partial charge on any atom is 0.123 e. The number of likely N-dealkylation sites (tertiary alicyclic amines) is 1. The number of fused-ring (bicyclic) bond motifs is 1. The molecule has 0 atom stereocenters. The van der Waals surface area contributed by atoms with Crippen LogP contribution in [0.1, 0.15) is 80.9 Å². The van der Waals surface area contributed by atoms with Gasteiger partial charge in [-0.15, -0.1) is 0 Å². The van der Waals surface area contributed by atoms with Gasteiger partial charge in [-0.05, 0) is 105 Å². The van der Waals surface area contributed by atoms with E-state index in [4.69, 9.17) is 5.73 Å². The zero-order valence-electron chi connectivity index (χ0n) is 21.9. The lowest BCUT2D eigenvalue weighted by atomic mass is 9.89. The summed E-state index contributed by atoms with van der Waals surface area (Å²) in [4.78, 5) is 8.61. The molecule has 0 bridgehead atoms. The number of nitrogens with two attached hydrogens (primary N) is 1. The third kappa shape index (κ3) is 5.63. The highest BCUT2D eigenvalue weighted by atomic mass is 19.1. The van der Waals surface area contributed by atoms with Gasteiger partial charge in [0.1, 0.15) is 5.82 Å². The molecule has 1 aliphatic carbocycles. The van der Waals surface area contributed by atoms with Crippen LogP contribution in [0.4, 0.5) is 10.1 Å². The fourth-order valence-electron chi connectivity index (χ4n) is 6.58. The van der Waals surface area contributed by atoms with Crippen LogP contribution in [0, 0.1) is 5.82 Å². The number of aromatic amines is 1. The average Bonchev–Trinajstić information content (AvgIpc) is 3.34. The van der Waals surface area contributed by atoms with Crippen LogP contribution in [0.2, 0.25) is 0 Å². The number of anilines is 1. The molecule has 3 aromatic rings. The summed E-state index contributed by atoms with van der Waals surface area (Å²) in [6.07, 6.45) is 13.3. The monoisotopic (exact) mass is 490 g/mol. The van der Waals surface area contributed by atoms with E-state index in [9.17, 15) is 4.39 Å². The molecule has 1 aliphatic heterocycles. The molecule has 2 fully saturated rings. The molecule has 0 spiro atoms. The van der Waals surface area contributed by atoms with E-state index >= 15 is 0 Å². The summed E-state index contributed by atoms with van der Waals surface area (Å²) in [5.41, 5.74) is 12.6. The number of H-pyrrole nitrogens is 1. The summed E-state index contributed by atoms with van der Waals surface area (Å²) in [6.45, 7) is 7.29. The fraction of sp³-hybridized carbons (Fsp3) is 0.548. The van der Waals surface area contributed by atoms with Crippen molar-refractivity contribution in [3.05, 3.63) is 65.1 Å². The van der Waals surface area contributed by atoms with E-state index in [-0.39, 0.29) is 5.82 Å². The van der Waals surface area contributed by atoms with Gasteiger partial charge in [-0.2, -0.15) is 0 Å². The number of piperidine rings is 1. The zero-order valence-corrected chi connectivity index (χ0v) is 21.9. The summed E-state index contributed by atoms with van der Waals surface area (Å²) in [5.74, 6) is 0.345. The van der Waals surface area contributed by atoms with Crippen LogP contribution < -0.4 is 10.6 Å². The first-order chi connectivity index (χ1) is 17.7. The topological polar surface area (TPSA) is 48.3 Å². The number of halogens is 1. The average molecular weight is 491 g/mol. The standard InChI is InChI=1S/C31H43FN4/c1-2-15-36(27-6-4-3-5-7-27)28-10-8-25(21-33)24(19-28)14-18-35-16-12-23(13-17-35)30-22-34-31-11-9-26(32)20-29(30)31/h8-11,19-20,22-23,27,34H,2-7,12-18,21,33H2,1H3. The minimum atomic E-state index is -0.153. The van der Waals surface area contributed by atoms with E-state index in [1.54, 1.807) is 6.07 Å². The van der Waals surface area contributed by atoms with Crippen molar-refractivity contribution in [2.75, 3.05) is 31.1 Å². The Balaban J connectivity index is 1.22. The van der Waals surface area contributed by atoms with E-state index in [0.29, 0.717) is 18.5 Å². The van der Waals surface area contributed by atoms with Gasteiger partial charge in [0, 0.05) is 48.5 Å². The Morgan fingerprint density at radius 2 is 1.81 bits per heavy atom. The summed E-state index contributed by atoms with van der Waals surface area (Å²) >= 11 is 0. The maximum atomic E-state index is 13.8. The van der Waals surface area contributed by atoms with Crippen LogP contribution >= 0.6 is 0 Å². The van der Waals surface area contributed by atoms with Crippen molar-refractivity contribution in [2.45, 2.75) is 83.2 Å². The number of hydrogen-bond acceptors (Lipinski definition) is 3. The van der Waals surface area contributed by atoms with E-state index in [1.165, 1.54) is 67.0 Å². The number of rotatable bonds is 9. The lowest BCUT2D eigenvalue weighted by molar-refractivity contribution is 0.215. The highest BCUT2D eigenvalue weighted by molar-refractivity contribution is 5.83. The van der Waals surface area contributed by atoms with Crippen LogP contribution in [0.25, 0.3) is 10.9 Å². The van der Waals surface area contributed by atoms with Gasteiger partial charge >= 0.3 is 0 Å². The molecule has 3 N–H and O–H groups in total. The molecule has 194 valence electrons. The molecule has 36 heavy (non-hydrogen) atoms. The molecule has 2 aromatic carbocycles. The van der Waals surface area contributed by atoms with Crippen LogP contribution in [-0.4, -0.2) is 42.1 Å². The fourth-order valence-corrected chi connectivity index (χ4v) is 6.58. The number of nitrogens with zero attached hydrogens (tertiary/aromatic N) is 2. The molecule has 2 aliphatic rings. The van der Waals surface area contributed by atoms with Crippen molar-refractivity contribution >= 4 is 16.6 Å². The normalized spacial score (nSPS) is 18.2. The van der Waals surface area contributed by atoms with Gasteiger partial charge in [-0.25, -0.2) is 4.39 Å². The summed E-state index contributed by atoms with van der Waals surface area (Å²) in [6, 6.07) is 12.8. The molecule has 1 saturated carbocycles. The van der Waals surface area contributed by atoms with E-state index < -0.39 is 0 Å². The molecule has 5 heteroatoms. The second kappa shape index (κ2) is 11.8. The molecule has 0 radical (unpaired) electrons. The Kier molecular flexibility index (Phi) is 8.28. The maximum absolute atomic E-state index is 13.8. The molecule has 4 nitrogen and oxygen atoms in total. The number of benzene rings is 2. The predicted molar refractivity (Wildman–Crippen MR) is 149 cm³/mol. The van der Waals surface area contributed by atoms with Gasteiger partial charge < -0.3 is 20.5 Å². The summed E-state index contributed by atoms with van der Waals surface area (Å²) in [5, 5.41) is 1.05. The molecule has 0 unspecified atom stereocenters. The van der Waals surface area contributed by atoms with Crippen LogP contribution in [0.3, 0.4) is 0 Å². The number of hydrogen-bond donors (Lipinski definition) is 2. The third-order valence-corrected chi connectivity index (χ3v) is 8.62. The Bertz CT molecular complexity index is 1120. The minimum absolute atomic E-state index is 0.153. The lowest BCUT2D eigenvalue weighted by Gasteiger charge is -2.36. The molecular weight excluding hydrogens is 447 g/mol. The van der Waals surface area contributed by atoms with Crippen LogP contribution in [0.15, 0.2) is 42.6 Å². The van der Waals surface area contributed by atoms with Gasteiger partial charge in [-0.3, -0.25) is 0 Å². The molecule has 1 saturated heterocycles. The van der Waals surface area contributed by atoms with Crippen LogP contribution in [-0.2, 0) is 13.0 Å². The van der Waals surface area contributed by atoms with Gasteiger partial charge in [0.15, 0.2) is 0 Å². The molecular formula is C31H43FN4. The second-order valence-electron chi connectivity index (χ2n) is 10.9. The predicted octanol–water partition coefficient (Wildman–Crippen LogP) is 6.74. The van der Waals surface area contributed by atoms with Gasteiger partial charge in [0.25, 0.3) is 0 Å². The van der Waals surface area contributed by atoms with Crippen molar-refractivity contribution in [3.63, 3.8) is 0 Å². The molecule has 5 rings (SSSR count). The number of nitrogens with one attached hydrogen (secondary N) is 1. The van der Waals surface area contributed by atoms with Gasteiger partial charge in [0.05, 0.1) is 0 Å². The van der Waals surface area contributed by atoms with Crippen molar-refractivity contribution in [1.82, 2.24) is 9.88 Å². The van der Waals surface area contributed by atoms with Crippen molar-refractivity contribution < 1.29 is 4.39 Å². The Morgan fingerprint density at radius 3 is 2.56 bits per heavy atom. The first-order valence-corrected chi connectivity index (χ1v) is 14.2. The molecule has 0 amide bonds. The van der Waals surface area contributed by atoms with E-state index in [2.05, 4.69) is 46.1 Å². The summed E-state index contributed by atoms with van der Waals surface area (Å²) < 4.78 is 13.8. The van der Waals surface area contributed by atoms with Gasteiger partial charge in [0.2, 0.25) is 0 Å². The van der Waals surface area contributed by atoms with Crippen molar-refractivity contribution in [1.29, 1.82) is 0 Å². The first kappa shape index (κ1) is 25.3. The Labute approximate surface area is 216 Å². The van der Waals surface area contributed by atoms with Gasteiger partial charge in [-0.1, -0.05) is 32.3 Å². The Hall–Kier alpha value is -2.37. The van der Waals surface area contributed by atoms with Crippen LogP contribution in [0.5, 0.6) is 0 Å². The minimum Gasteiger partial charge on any atom is -0.369 e. The zero-order chi connectivity index (χ0) is 24.9. The summed E-state index contributed by atoms with van der Waals surface area (Å²) in [7, 11) is 0. The molecule has 1 aromatic heterocycles. The SMILES string of the molecule is CCCN(c1ccc(CN)c(CCN2CCC(c3c[nH]c4ccc(F)cc34)CC2)c1)C1CCCCC1. The number of aromatic nitrogens is 1.